The van der Waals surface area contributed by atoms with Gasteiger partial charge in [-0.2, -0.15) is 0 Å². The first-order valence-electron chi connectivity index (χ1n) is 9.32. The summed E-state index contributed by atoms with van der Waals surface area (Å²) in [6.45, 7) is 1.23. The molecule has 2 aromatic rings. The van der Waals surface area contributed by atoms with E-state index in [0.29, 0.717) is 25.7 Å². The van der Waals surface area contributed by atoms with Gasteiger partial charge >= 0.3 is 0 Å². The molecule has 2 aromatic carbocycles. The van der Waals surface area contributed by atoms with Crippen LogP contribution >= 0.6 is 0 Å². The maximum absolute atomic E-state index is 13.7. The van der Waals surface area contributed by atoms with Crippen molar-refractivity contribution in [2.24, 2.45) is 5.73 Å². The number of piperazine rings is 1. The van der Waals surface area contributed by atoms with Crippen molar-refractivity contribution in [2.45, 2.75) is 25.4 Å². The predicted octanol–water partition coefficient (Wildman–Crippen LogP) is 2.23. The van der Waals surface area contributed by atoms with E-state index in [1.165, 1.54) is 4.90 Å². The van der Waals surface area contributed by atoms with Gasteiger partial charge in [0.25, 0.3) is 0 Å². The molecule has 5 nitrogen and oxygen atoms in total. The number of benzene rings is 2. The number of hydrogen-bond acceptors (Lipinski definition) is 3. The minimum absolute atomic E-state index is 0.0437. The Morgan fingerprint density at radius 1 is 1.03 bits per heavy atom. The molecule has 2 amide bonds. The van der Waals surface area contributed by atoms with Crippen molar-refractivity contribution >= 4 is 11.8 Å². The monoisotopic (exact) mass is 405 g/mol. The van der Waals surface area contributed by atoms with Crippen molar-refractivity contribution in [1.29, 1.82) is 0 Å². The molecule has 8 heteroatoms. The fourth-order valence-corrected chi connectivity index (χ4v) is 3.32. The highest BCUT2D eigenvalue weighted by Crippen LogP contribution is 2.17. The average molecular weight is 405 g/mol. The fourth-order valence-electron chi connectivity index (χ4n) is 3.32. The van der Waals surface area contributed by atoms with Gasteiger partial charge in [-0.05, 0) is 23.6 Å². The van der Waals surface area contributed by atoms with Crippen molar-refractivity contribution in [3.8, 4) is 0 Å². The zero-order valence-corrected chi connectivity index (χ0v) is 15.8. The largest absolute Gasteiger partial charge is 0.335 e. The zero-order valence-electron chi connectivity index (χ0n) is 15.8. The molecule has 154 valence electrons. The maximum Gasteiger partial charge on any atom is 0.242 e. The Morgan fingerprint density at radius 3 is 2.41 bits per heavy atom. The summed E-state index contributed by atoms with van der Waals surface area (Å²) >= 11 is 0. The fraction of sp³-hybridized carbons (Fsp3) is 0.333. The third kappa shape index (κ3) is 5.35. The SMILES string of the molecule is N[C@@H](CC(=O)N1CCN(Cc2ccccc2)C(=O)C1)Cc1cc(F)c(F)cc1F. The number of hydrogen-bond donors (Lipinski definition) is 1. The van der Waals surface area contributed by atoms with E-state index in [4.69, 9.17) is 5.73 Å². The molecule has 3 rings (SSSR count). The van der Waals surface area contributed by atoms with Crippen LogP contribution in [0.25, 0.3) is 0 Å². The minimum atomic E-state index is -1.28. The maximum atomic E-state index is 13.7. The summed E-state index contributed by atoms with van der Waals surface area (Å²) in [7, 11) is 0. The van der Waals surface area contributed by atoms with Crippen LogP contribution in [0, 0.1) is 17.5 Å². The quantitative estimate of drug-likeness (QED) is 0.750. The van der Waals surface area contributed by atoms with E-state index in [0.717, 1.165) is 11.6 Å². The molecule has 1 saturated heterocycles. The van der Waals surface area contributed by atoms with E-state index < -0.39 is 23.5 Å². The number of halogens is 3. The van der Waals surface area contributed by atoms with Gasteiger partial charge in [0.05, 0.1) is 6.54 Å². The van der Waals surface area contributed by atoms with Crippen molar-refractivity contribution in [2.75, 3.05) is 19.6 Å². The Labute approximate surface area is 166 Å². The lowest BCUT2D eigenvalue weighted by atomic mass is 10.0. The lowest BCUT2D eigenvalue weighted by Crippen LogP contribution is -2.52. The van der Waals surface area contributed by atoms with Crippen molar-refractivity contribution < 1.29 is 22.8 Å². The number of nitrogens with two attached hydrogens (primary N) is 1. The van der Waals surface area contributed by atoms with Gasteiger partial charge in [-0.1, -0.05) is 30.3 Å². The summed E-state index contributed by atoms with van der Waals surface area (Å²) in [5.74, 6) is -3.83. The number of rotatable bonds is 6. The number of nitrogens with zero attached hydrogens (tertiary/aromatic N) is 2. The van der Waals surface area contributed by atoms with Gasteiger partial charge in [0.2, 0.25) is 11.8 Å². The molecule has 0 saturated carbocycles. The first-order valence-corrected chi connectivity index (χ1v) is 9.32. The van der Waals surface area contributed by atoms with E-state index in [2.05, 4.69) is 0 Å². The summed E-state index contributed by atoms with van der Waals surface area (Å²) in [5.41, 5.74) is 6.83. The average Bonchev–Trinajstić information content (AvgIpc) is 2.68. The smallest absolute Gasteiger partial charge is 0.242 e. The van der Waals surface area contributed by atoms with Crippen LogP contribution in [0.4, 0.5) is 13.2 Å². The molecule has 1 aliphatic rings. The molecule has 1 atom stereocenters. The van der Waals surface area contributed by atoms with Crippen LogP contribution in [-0.4, -0.2) is 47.3 Å². The Hall–Kier alpha value is -2.87. The summed E-state index contributed by atoms with van der Waals surface area (Å²) < 4.78 is 40.1. The van der Waals surface area contributed by atoms with Crippen molar-refractivity contribution in [3.05, 3.63) is 71.0 Å². The highest BCUT2D eigenvalue weighted by Gasteiger charge is 2.28. The Morgan fingerprint density at radius 2 is 1.72 bits per heavy atom. The lowest BCUT2D eigenvalue weighted by Gasteiger charge is -2.35. The number of carbonyl (C=O) groups is 2. The number of carbonyl (C=O) groups excluding carboxylic acids is 2. The van der Waals surface area contributed by atoms with Gasteiger partial charge in [-0.15, -0.1) is 0 Å². The van der Waals surface area contributed by atoms with Crippen LogP contribution in [0.15, 0.2) is 42.5 Å². The predicted molar refractivity (Wildman–Crippen MR) is 101 cm³/mol. The Balaban J connectivity index is 1.52. The second-order valence-corrected chi connectivity index (χ2v) is 7.14. The standard InChI is InChI=1S/C21H22F3N3O2/c22-17-11-19(24)18(23)9-15(17)8-16(25)10-20(28)27-7-6-26(21(29)13-27)12-14-4-2-1-3-5-14/h1-5,9,11,16H,6-8,10,12-13,25H2/t16-/m1/s1. The van der Waals surface area contributed by atoms with E-state index in [1.54, 1.807) is 4.90 Å². The third-order valence-electron chi connectivity index (χ3n) is 4.90. The molecule has 0 bridgehead atoms. The van der Waals surface area contributed by atoms with Crippen molar-refractivity contribution in [3.63, 3.8) is 0 Å². The second-order valence-electron chi connectivity index (χ2n) is 7.14. The molecule has 1 heterocycles. The molecule has 2 N–H and O–H groups in total. The minimum Gasteiger partial charge on any atom is -0.335 e. The molecule has 0 unspecified atom stereocenters. The first-order chi connectivity index (χ1) is 13.8. The molecule has 0 aromatic heterocycles. The van der Waals surface area contributed by atoms with Gasteiger partial charge in [0.15, 0.2) is 11.6 Å². The lowest BCUT2D eigenvalue weighted by molar-refractivity contribution is -0.145. The topological polar surface area (TPSA) is 66.6 Å². The van der Waals surface area contributed by atoms with Gasteiger partial charge < -0.3 is 15.5 Å². The highest BCUT2D eigenvalue weighted by atomic mass is 19.2. The van der Waals surface area contributed by atoms with E-state index in [-0.39, 0.29) is 36.8 Å². The van der Waals surface area contributed by atoms with Crippen LogP contribution in [0.2, 0.25) is 0 Å². The molecule has 1 aliphatic heterocycles. The van der Waals surface area contributed by atoms with Gasteiger partial charge in [0, 0.05) is 38.2 Å². The first kappa shape index (κ1) is 20.9. The molecular weight excluding hydrogens is 383 g/mol. The van der Waals surface area contributed by atoms with E-state index in [1.807, 2.05) is 30.3 Å². The van der Waals surface area contributed by atoms with Crippen molar-refractivity contribution in [1.82, 2.24) is 9.80 Å². The van der Waals surface area contributed by atoms with Crippen LogP contribution in [0.1, 0.15) is 17.5 Å². The molecule has 0 spiro atoms. The second kappa shape index (κ2) is 9.09. The molecule has 0 radical (unpaired) electrons. The van der Waals surface area contributed by atoms with Crippen LogP contribution in [-0.2, 0) is 22.6 Å². The summed E-state index contributed by atoms with van der Waals surface area (Å²) in [5, 5.41) is 0. The molecule has 0 aliphatic carbocycles. The van der Waals surface area contributed by atoms with Crippen LogP contribution in [0.5, 0.6) is 0 Å². The van der Waals surface area contributed by atoms with E-state index in [9.17, 15) is 22.8 Å². The highest BCUT2D eigenvalue weighted by molar-refractivity contribution is 5.86. The van der Waals surface area contributed by atoms with Crippen LogP contribution < -0.4 is 5.73 Å². The Kier molecular flexibility index (Phi) is 6.53. The zero-order chi connectivity index (χ0) is 21.0. The summed E-state index contributed by atoms with van der Waals surface area (Å²) in [6, 6.07) is 10.00. The van der Waals surface area contributed by atoms with Gasteiger partial charge in [0.1, 0.15) is 5.82 Å². The normalized spacial score (nSPS) is 15.5. The molecule has 1 fully saturated rings. The Bertz CT molecular complexity index is 892. The van der Waals surface area contributed by atoms with Crippen LogP contribution in [0.3, 0.4) is 0 Å². The third-order valence-corrected chi connectivity index (χ3v) is 4.90. The van der Waals surface area contributed by atoms with Gasteiger partial charge in [-0.25, -0.2) is 13.2 Å². The molecule has 29 heavy (non-hydrogen) atoms. The van der Waals surface area contributed by atoms with Gasteiger partial charge in [-0.3, -0.25) is 9.59 Å². The van der Waals surface area contributed by atoms with E-state index >= 15 is 0 Å². The number of amides is 2. The summed E-state index contributed by atoms with van der Waals surface area (Å²) in [4.78, 5) is 28.0. The molecular formula is C21H22F3N3O2. The summed E-state index contributed by atoms with van der Waals surface area (Å²) in [6.07, 6.45) is -0.235.